The molecule has 0 saturated carbocycles. The Morgan fingerprint density at radius 3 is 2.81 bits per heavy atom. The quantitative estimate of drug-likeness (QED) is 0.802. The van der Waals surface area contributed by atoms with Crippen molar-refractivity contribution in [2.45, 2.75) is 39.8 Å². The molecule has 0 radical (unpaired) electrons. The van der Waals surface area contributed by atoms with Crippen LogP contribution in [0.2, 0.25) is 0 Å². The van der Waals surface area contributed by atoms with Crippen LogP contribution < -0.4 is 5.32 Å². The van der Waals surface area contributed by atoms with Gasteiger partial charge in [-0.05, 0) is 12.8 Å². The third-order valence-corrected chi connectivity index (χ3v) is 2.92. The first-order valence-electron chi connectivity index (χ1n) is 7.28. The number of nitrogens with zero attached hydrogens (tertiary/aromatic N) is 5. The Balaban J connectivity index is 2.36. The molecule has 0 unspecified atom stereocenters. The minimum Gasteiger partial charge on any atom is -0.377 e. The van der Waals surface area contributed by atoms with E-state index < -0.39 is 0 Å². The van der Waals surface area contributed by atoms with Crippen molar-refractivity contribution in [2.75, 3.05) is 19.0 Å². The van der Waals surface area contributed by atoms with Crippen LogP contribution in [0, 0.1) is 0 Å². The van der Waals surface area contributed by atoms with Gasteiger partial charge in [0.2, 0.25) is 0 Å². The number of aryl methyl sites for hydroxylation is 1. The molecule has 2 aromatic heterocycles. The molecule has 0 fully saturated rings. The molecule has 0 amide bonds. The molecule has 0 saturated heterocycles. The van der Waals surface area contributed by atoms with Crippen LogP contribution in [-0.4, -0.2) is 38.6 Å². The lowest BCUT2D eigenvalue weighted by atomic mass is 10.3. The zero-order valence-corrected chi connectivity index (χ0v) is 12.8. The summed E-state index contributed by atoms with van der Waals surface area (Å²) in [5.41, 5.74) is 1.71. The lowest BCUT2D eigenvalue weighted by Crippen LogP contribution is -2.08. The normalized spacial score (nSPS) is 10.8. The molecular formula is C14H22N6O. The lowest BCUT2D eigenvalue weighted by molar-refractivity contribution is 0.178. The van der Waals surface area contributed by atoms with Gasteiger partial charge < -0.3 is 10.1 Å². The van der Waals surface area contributed by atoms with Crippen LogP contribution in [-0.2, 0) is 17.9 Å². The van der Waals surface area contributed by atoms with Crippen molar-refractivity contribution in [1.82, 2.24) is 25.0 Å². The topological polar surface area (TPSA) is 77.8 Å². The van der Waals surface area contributed by atoms with Crippen molar-refractivity contribution in [3.63, 3.8) is 0 Å². The molecule has 7 heteroatoms. The number of aromatic nitrogens is 5. The van der Waals surface area contributed by atoms with Crippen LogP contribution in [0.1, 0.15) is 32.5 Å². The van der Waals surface area contributed by atoms with Crippen molar-refractivity contribution in [1.29, 1.82) is 0 Å². The van der Waals surface area contributed by atoms with Crippen LogP contribution in [0.4, 0.5) is 5.82 Å². The van der Waals surface area contributed by atoms with Crippen LogP contribution in [0.25, 0.3) is 11.4 Å². The number of anilines is 1. The molecule has 2 heterocycles. The summed E-state index contributed by atoms with van der Waals surface area (Å²) in [4.78, 5) is 8.99. The average molecular weight is 290 g/mol. The fourth-order valence-corrected chi connectivity index (χ4v) is 2.00. The van der Waals surface area contributed by atoms with Gasteiger partial charge in [0.05, 0.1) is 11.9 Å². The summed E-state index contributed by atoms with van der Waals surface area (Å²) >= 11 is 0. The summed E-state index contributed by atoms with van der Waals surface area (Å²) in [6.07, 6.45) is 3.76. The summed E-state index contributed by atoms with van der Waals surface area (Å²) < 4.78 is 7.01. The standard InChI is InChI=1S/C14H22N6O/c1-4-6-15-13-8-11(17-14(18-13)10-21-3)12-9-16-19-20(12)7-5-2/h8-9H,4-7,10H2,1-3H3,(H,15,17,18). The van der Waals surface area contributed by atoms with Gasteiger partial charge in [0, 0.05) is 26.3 Å². The van der Waals surface area contributed by atoms with Gasteiger partial charge in [0.1, 0.15) is 18.1 Å². The van der Waals surface area contributed by atoms with E-state index in [1.165, 1.54) is 0 Å². The molecule has 0 aliphatic rings. The van der Waals surface area contributed by atoms with Gasteiger partial charge in [-0.2, -0.15) is 0 Å². The molecule has 2 rings (SSSR count). The van der Waals surface area contributed by atoms with Gasteiger partial charge in [-0.1, -0.05) is 19.1 Å². The number of hydrogen-bond donors (Lipinski definition) is 1. The van der Waals surface area contributed by atoms with Crippen LogP contribution in [0.15, 0.2) is 12.3 Å². The molecule has 0 aromatic carbocycles. The van der Waals surface area contributed by atoms with E-state index in [2.05, 4.69) is 39.4 Å². The molecule has 114 valence electrons. The summed E-state index contributed by atoms with van der Waals surface area (Å²) in [5, 5.41) is 11.4. The third-order valence-electron chi connectivity index (χ3n) is 2.92. The van der Waals surface area contributed by atoms with E-state index in [4.69, 9.17) is 4.74 Å². The molecule has 2 aromatic rings. The molecule has 0 spiro atoms. The number of hydrogen-bond acceptors (Lipinski definition) is 6. The Labute approximate surface area is 124 Å². The zero-order valence-electron chi connectivity index (χ0n) is 12.8. The minimum absolute atomic E-state index is 0.379. The van der Waals surface area contributed by atoms with E-state index >= 15 is 0 Å². The van der Waals surface area contributed by atoms with E-state index in [1.54, 1.807) is 13.3 Å². The van der Waals surface area contributed by atoms with Gasteiger partial charge in [0.25, 0.3) is 0 Å². The molecular weight excluding hydrogens is 268 g/mol. The molecule has 7 nitrogen and oxygen atoms in total. The van der Waals surface area contributed by atoms with Gasteiger partial charge in [0.15, 0.2) is 5.82 Å². The Kier molecular flexibility index (Phi) is 5.62. The summed E-state index contributed by atoms with van der Waals surface area (Å²) in [6, 6.07) is 1.93. The smallest absolute Gasteiger partial charge is 0.157 e. The Hall–Kier alpha value is -2.02. The van der Waals surface area contributed by atoms with E-state index in [-0.39, 0.29) is 0 Å². The van der Waals surface area contributed by atoms with E-state index in [0.29, 0.717) is 12.4 Å². The zero-order chi connectivity index (χ0) is 15.1. The highest BCUT2D eigenvalue weighted by atomic mass is 16.5. The second kappa shape index (κ2) is 7.68. The fraction of sp³-hybridized carbons (Fsp3) is 0.571. The maximum atomic E-state index is 5.15. The fourth-order valence-electron chi connectivity index (χ4n) is 2.00. The second-order valence-electron chi connectivity index (χ2n) is 4.76. The van der Waals surface area contributed by atoms with Gasteiger partial charge >= 0.3 is 0 Å². The first-order valence-corrected chi connectivity index (χ1v) is 7.28. The van der Waals surface area contributed by atoms with Gasteiger partial charge in [-0.3, -0.25) is 0 Å². The number of rotatable bonds is 8. The maximum absolute atomic E-state index is 5.15. The van der Waals surface area contributed by atoms with E-state index in [0.717, 1.165) is 43.1 Å². The van der Waals surface area contributed by atoms with Crippen molar-refractivity contribution < 1.29 is 4.74 Å². The van der Waals surface area contributed by atoms with Crippen LogP contribution >= 0.6 is 0 Å². The highest BCUT2D eigenvalue weighted by molar-refractivity contribution is 5.58. The van der Waals surface area contributed by atoms with Crippen molar-refractivity contribution >= 4 is 5.82 Å². The molecule has 0 aliphatic heterocycles. The SMILES string of the molecule is CCCNc1cc(-c2cnnn2CCC)nc(COC)n1. The molecule has 0 atom stereocenters. The Bertz CT molecular complexity index is 568. The number of ether oxygens (including phenoxy) is 1. The van der Waals surface area contributed by atoms with Crippen molar-refractivity contribution in [3.8, 4) is 11.4 Å². The predicted molar refractivity (Wildman–Crippen MR) is 80.8 cm³/mol. The number of methoxy groups -OCH3 is 1. The summed E-state index contributed by atoms with van der Waals surface area (Å²) in [7, 11) is 1.64. The third kappa shape index (κ3) is 3.98. The number of nitrogens with one attached hydrogen (secondary N) is 1. The highest BCUT2D eigenvalue weighted by Crippen LogP contribution is 2.19. The largest absolute Gasteiger partial charge is 0.377 e. The summed E-state index contributed by atoms with van der Waals surface area (Å²) in [5.74, 6) is 1.45. The minimum atomic E-state index is 0.379. The van der Waals surface area contributed by atoms with Gasteiger partial charge in [-0.25, -0.2) is 14.6 Å². The van der Waals surface area contributed by atoms with Gasteiger partial charge in [-0.15, -0.1) is 5.10 Å². The van der Waals surface area contributed by atoms with E-state index in [1.807, 2.05) is 10.7 Å². The first kappa shape index (κ1) is 15.4. The second-order valence-corrected chi connectivity index (χ2v) is 4.76. The molecule has 21 heavy (non-hydrogen) atoms. The molecule has 0 bridgehead atoms. The Morgan fingerprint density at radius 2 is 2.10 bits per heavy atom. The Morgan fingerprint density at radius 1 is 1.24 bits per heavy atom. The van der Waals surface area contributed by atoms with Crippen molar-refractivity contribution in [3.05, 3.63) is 18.1 Å². The molecule has 0 aliphatic carbocycles. The van der Waals surface area contributed by atoms with Crippen LogP contribution in [0.3, 0.4) is 0 Å². The van der Waals surface area contributed by atoms with E-state index in [9.17, 15) is 0 Å². The van der Waals surface area contributed by atoms with Crippen molar-refractivity contribution in [2.24, 2.45) is 0 Å². The first-order chi connectivity index (χ1) is 10.3. The lowest BCUT2D eigenvalue weighted by Gasteiger charge is -2.10. The maximum Gasteiger partial charge on any atom is 0.157 e. The summed E-state index contributed by atoms with van der Waals surface area (Å²) in [6.45, 7) is 6.29. The molecule has 1 N–H and O–H groups in total. The monoisotopic (exact) mass is 290 g/mol. The average Bonchev–Trinajstić information content (AvgIpc) is 2.94. The predicted octanol–water partition coefficient (Wildman–Crippen LogP) is 2.11. The highest BCUT2D eigenvalue weighted by Gasteiger charge is 2.11. The van der Waals surface area contributed by atoms with Crippen LogP contribution in [0.5, 0.6) is 0 Å².